The number of rotatable bonds is 8. The molecule has 4 aromatic rings. The number of anilines is 2. The number of nitrogens with zero attached hydrogens (tertiary/aromatic N) is 3. The second kappa shape index (κ2) is 11.2. The monoisotopic (exact) mass is 574 g/mol. The van der Waals surface area contributed by atoms with Crippen LogP contribution in [0.3, 0.4) is 0 Å². The average molecular weight is 575 g/mol. The summed E-state index contributed by atoms with van der Waals surface area (Å²) < 4.78 is 47.4. The molecule has 2 aliphatic heterocycles. The molecule has 0 unspecified atom stereocenters. The lowest BCUT2D eigenvalue weighted by Gasteiger charge is -2.34. The van der Waals surface area contributed by atoms with Crippen LogP contribution in [0.1, 0.15) is 39.9 Å². The lowest BCUT2D eigenvalue weighted by molar-refractivity contribution is -0.137. The molecule has 6 rings (SSSR count). The minimum absolute atomic E-state index is 0.207. The molecule has 0 radical (unpaired) electrons. The number of para-hydroxylation sites is 1. The highest BCUT2D eigenvalue weighted by molar-refractivity contribution is 5.93. The van der Waals surface area contributed by atoms with Crippen molar-refractivity contribution in [1.29, 1.82) is 0 Å². The summed E-state index contributed by atoms with van der Waals surface area (Å²) in [6, 6.07) is 18.7. The fourth-order valence-electron chi connectivity index (χ4n) is 6.73. The molecule has 0 amide bonds. The van der Waals surface area contributed by atoms with E-state index in [2.05, 4.69) is 53.0 Å². The number of benzene rings is 3. The molecule has 0 aliphatic carbocycles. The van der Waals surface area contributed by atoms with Gasteiger partial charge < -0.3 is 10.1 Å². The van der Waals surface area contributed by atoms with Gasteiger partial charge in [0.1, 0.15) is 12.4 Å². The van der Waals surface area contributed by atoms with Gasteiger partial charge in [-0.1, -0.05) is 35.9 Å². The number of hydrogen-bond acceptors (Lipinski definition) is 5. The van der Waals surface area contributed by atoms with Crippen molar-refractivity contribution in [2.45, 2.75) is 58.9 Å². The van der Waals surface area contributed by atoms with Crippen molar-refractivity contribution < 1.29 is 17.9 Å². The zero-order valence-electron chi connectivity index (χ0n) is 24.6. The molecule has 0 spiro atoms. The van der Waals surface area contributed by atoms with Crippen molar-refractivity contribution in [3.63, 3.8) is 0 Å². The summed E-state index contributed by atoms with van der Waals surface area (Å²) in [5.41, 5.74) is 7.28. The van der Waals surface area contributed by atoms with Gasteiger partial charge in [0.2, 0.25) is 0 Å². The number of nitrogens with one attached hydrogen (secondary N) is 1. The van der Waals surface area contributed by atoms with Crippen LogP contribution in [0.4, 0.5) is 24.5 Å². The molecule has 2 saturated heterocycles. The molecule has 2 atom stereocenters. The number of alkyl halides is 3. The first-order valence-corrected chi connectivity index (χ1v) is 14.6. The second-order valence-electron chi connectivity index (χ2n) is 11.9. The Morgan fingerprint density at radius 2 is 1.62 bits per heavy atom. The molecular weight excluding hydrogens is 537 g/mol. The van der Waals surface area contributed by atoms with E-state index in [9.17, 15) is 13.2 Å². The van der Waals surface area contributed by atoms with Crippen molar-refractivity contribution in [2.24, 2.45) is 0 Å². The Labute approximate surface area is 245 Å². The fourth-order valence-corrected chi connectivity index (χ4v) is 6.73. The van der Waals surface area contributed by atoms with Crippen molar-refractivity contribution in [1.82, 2.24) is 14.8 Å². The first kappa shape index (κ1) is 28.5. The summed E-state index contributed by atoms with van der Waals surface area (Å²) in [6.07, 6.45) is -3.36. The Balaban J connectivity index is 1.11. The van der Waals surface area contributed by atoms with Crippen molar-refractivity contribution in [2.75, 3.05) is 31.6 Å². The maximum atomic E-state index is 13.8. The molecule has 42 heavy (non-hydrogen) atoms. The number of halogens is 3. The van der Waals surface area contributed by atoms with Crippen molar-refractivity contribution in [3.05, 3.63) is 94.2 Å². The highest BCUT2D eigenvalue weighted by Crippen LogP contribution is 2.37. The number of hydrogen-bond donors (Lipinski definition) is 1. The highest BCUT2D eigenvalue weighted by atomic mass is 19.4. The van der Waals surface area contributed by atoms with Gasteiger partial charge in [0.05, 0.1) is 11.1 Å². The summed E-state index contributed by atoms with van der Waals surface area (Å²) in [5.74, 6) is 0.207. The van der Waals surface area contributed by atoms with Crippen molar-refractivity contribution in [3.8, 4) is 5.75 Å². The maximum Gasteiger partial charge on any atom is 0.416 e. The van der Waals surface area contributed by atoms with Gasteiger partial charge in [-0.2, -0.15) is 13.2 Å². The van der Waals surface area contributed by atoms with E-state index < -0.39 is 11.7 Å². The molecule has 220 valence electrons. The van der Waals surface area contributed by atoms with E-state index in [1.54, 1.807) is 6.07 Å². The molecule has 5 nitrogen and oxygen atoms in total. The molecule has 0 saturated carbocycles. The molecule has 2 fully saturated rings. The van der Waals surface area contributed by atoms with Crippen molar-refractivity contribution >= 4 is 22.3 Å². The number of ether oxygens (including phenoxy) is 1. The van der Waals surface area contributed by atoms with E-state index in [-0.39, 0.29) is 5.75 Å². The van der Waals surface area contributed by atoms with Crippen LogP contribution in [0.25, 0.3) is 10.9 Å². The molecule has 3 heterocycles. The SMILES string of the molecule is Cc1cc(C)c(CN2C[C@@H]3C[C@H]2CN3CCOc2cc(Nc3cc(C)nc4ccccc34)cc(C(F)(F)F)c2)c(C)c1. The molecule has 2 bridgehead atoms. The minimum atomic E-state index is -4.49. The lowest BCUT2D eigenvalue weighted by atomic mass is 9.99. The molecule has 1 N–H and O–H groups in total. The number of aromatic nitrogens is 1. The number of likely N-dealkylation sites (tertiary alicyclic amines) is 2. The van der Waals surface area contributed by atoms with Gasteiger partial charge in [0.15, 0.2) is 0 Å². The van der Waals surface area contributed by atoms with Crippen LogP contribution in [-0.2, 0) is 12.7 Å². The Morgan fingerprint density at radius 1 is 0.905 bits per heavy atom. The van der Waals surface area contributed by atoms with E-state index in [1.165, 1.54) is 22.3 Å². The topological polar surface area (TPSA) is 40.6 Å². The Kier molecular flexibility index (Phi) is 7.62. The molecule has 8 heteroatoms. The number of piperazine rings is 1. The second-order valence-corrected chi connectivity index (χ2v) is 11.9. The van der Waals surface area contributed by atoms with E-state index in [0.717, 1.165) is 54.8 Å². The van der Waals surface area contributed by atoms with Crippen LogP contribution in [0.5, 0.6) is 5.75 Å². The lowest BCUT2D eigenvalue weighted by Crippen LogP contribution is -2.47. The van der Waals surface area contributed by atoms with Crippen LogP contribution in [0.15, 0.2) is 60.7 Å². The molecule has 1 aromatic heterocycles. The number of pyridine rings is 1. The van der Waals surface area contributed by atoms with Gasteiger partial charge >= 0.3 is 6.18 Å². The van der Waals surface area contributed by atoms with E-state index in [1.807, 2.05) is 37.3 Å². The normalized spacial score (nSPS) is 19.1. The summed E-state index contributed by atoms with van der Waals surface area (Å²) in [6.45, 7) is 12.4. The highest BCUT2D eigenvalue weighted by Gasteiger charge is 2.43. The third-order valence-electron chi connectivity index (χ3n) is 8.67. The maximum absolute atomic E-state index is 13.8. The third-order valence-corrected chi connectivity index (χ3v) is 8.67. The van der Waals surface area contributed by atoms with Crippen LogP contribution < -0.4 is 10.1 Å². The molecule has 2 aliphatic rings. The van der Waals surface area contributed by atoms with Gasteiger partial charge in [0, 0.05) is 66.8 Å². The average Bonchev–Trinajstić information content (AvgIpc) is 3.50. The predicted octanol–water partition coefficient (Wildman–Crippen LogP) is 7.57. The third kappa shape index (κ3) is 5.96. The number of aryl methyl sites for hydroxylation is 4. The predicted molar refractivity (Wildman–Crippen MR) is 162 cm³/mol. The standard InChI is InChI=1S/C34H37F3N4O/c1-21-11-22(2)31(23(3)12-21)20-41-19-27-17-28(41)18-40(27)9-10-42-29-15-25(34(35,36)37)14-26(16-29)39-33-13-24(4)38-32-8-6-5-7-30(32)33/h5-8,11-16,27-28H,9-10,17-20H2,1-4H3,(H,38,39)/t27-,28-/m0/s1. The quantitative estimate of drug-likeness (QED) is 0.235. The molecule has 3 aromatic carbocycles. The summed E-state index contributed by atoms with van der Waals surface area (Å²) in [7, 11) is 0. The van der Waals surface area contributed by atoms with Crippen LogP contribution in [0.2, 0.25) is 0 Å². The smallest absolute Gasteiger partial charge is 0.416 e. The Bertz CT molecular complexity index is 1600. The van der Waals surface area contributed by atoms with Gasteiger partial charge in [0.25, 0.3) is 0 Å². The first-order valence-electron chi connectivity index (χ1n) is 14.6. The van der Waals surface area contributed by atoms with E-state index in [0.29, 0.717) is 36.6 Å². The Hall–Kier alpha value is -3.62. The summed E-state index contributed by atoms with van der Waals surface area (Å²) in [4.78, 5) is 9.54. The van der Waals surface area contributed by atoms with Crippen LogP contribution in [0, 0.1) is 27.7 Å². The summed E-state index contributed by atoms with van der Waals surface area (Å²) in [5, 5.41) is 4.04. The zero-order valence-corrected chi connectivity index (χ0v) is 24.6. The fraction of sp³-hybridized carbons (Fsp3) is 0.382. The Morgan fingerprint density at radius 3 is 2.33 bits per heavy atom. The number of fused-ring (bicyclic) bond motifs is 3. The minimum Gasteiger partial charge on any atom is -0.492 e. The largest absolute Gasteiger partial charge is 0.492 e. The van der Waals surface area contributed by atoms with Gasteiger partial charge in [-0.3, -0.25) is 14.8 Å². The van der Waals surface area contributed by atoms with E-state index in [4.69, 9.17) is 4.74 Å². The zero-order chi connectivity index (χ0) is 29.6. The molecular formula is C34H37F3N4O. The van der Waals surface area contributed by atoms with Crippen LogP contribution in [-0.4, -0.2) is 53.1 Å². The van der Waals surface area contributed by atoms with Gasteiger partial charge in [-0.25, -0.2) is 0 Å². The first-order chi connectivity index (χ1) is 20.0. The summed E-state index contributed by atoms with van der Waals surface area (Å²) >= 11 is 0. The van der Waals surface area contributed by atoms with Gasteiger partial charge in [-0.05, 0) is 75.1 Å². The van der Waals surface area contributed by atoms with Crippen LogP contribution >= 0.6 is 0 Å². The van der Waals surface area contributed by atoms with E-state index >= 15 is 0 Å². The van der Waals surface area contributed by atoms with Gasteiger partial charge in [-0.15, -0.1) is 0 Å².